The second-order valence-electron chi connectivity index (χ2n) is 3.65. The lowest BCUT2D eigenvalue weighted by Gasteiger charge is -2.16. The number of guanidine groups is 1. The normalized spacial score (nSPS) is 13.7. The van der Waals surface area contributed by atoms with Gasteiger partial charge in [0.2, 0.25) is 0 Å². The molecule has 0 heterocycles. The van der Waals surface area contributed by atoms with Crippen molar-refractivity contribution in [1.29, 1.82) is 0 Å². The highest BCUT2D eigenvalue weighted by molar-refractivity contribution is 7.98. The van der Waals surface area contributed by atoms with E-state index in [-0.39, 0.29) is 0 Å². The van der Waals surface area contributed by atoms with Gasteiger partial charge in [0.25, 0.3) is 0 Å². The van der Waals surface area contributed by atoms with Gasteiger partial charge >= 0.3 is 0 Å². The van der Waals surface area contributed by atoms with E-state index in [4.69, 9.17) is 0 Å². The van der Waals surface area contributed by atoms with E-state index in [1.165, 1.54) is 18.6 Å². The van der Waals surface area contributed by atoms with Crippen molar-refractivity contribution < 1.29 is 0 Å². The fraction of sp³-hybridized carbons (Fsp3) is 0.909. The molecule has 0 bridgehead atoms. The van der Waals surface area contributed by atoms with E-state index in [1.54, 1.807) is 0 Å². The SMILES string of the molecule is CC[C@@H](C)NC(=NC)NCCCCSC. The Bertz CT molecular complexity index is 171. The van der Waals surface area contributed by atoms with Crippen molar-refractivity contribution in [3.63, 3.8) is 0 Å². The molecule has 0 spiro atoms. The Balaban J connectivity index is 3.54. The zero-order valence-corrected chi connectivity index (χ0v) is 11.3. The summed E-state index contributed by atoms with van der Waals surface area (Å²) < 4.78 is 0. The van der Waals surface area contributed by atoms with Crippen molar-refractivity contribution in [2.75, 3.05) is 25.6 Å². The van der Waals surface area contributed by atoms with E-state index >= 15 is 0 Å². The van der Waals surface area contributed by atoms with Gasteiger partial charge in [-0.05, 0) is 38.2 Å². The smallest absolute Gasteiger partial charge is 0.191 e. The lowest BCUT2D eigenvalue weighted by atomic mass is 10.3. The molecule has 3 nitrogen and oxygen atoms in total. The average molecular weight is 231 g/mol. The molecule has 0 fully saturated rings. The monoisotopic (exact) mass is 231 g/mol. The largest absolute Gasteiger partial charge is 0.356 e. The predicted molar refractivity (Wildman–Crippen MR) is 71.9 cm³/mol. The minimum Gasteiger partial charge on any atom is -0.356 e. The number of unbranched alkanes of at least 4 members (excludes halogenated alkanes) is 1. The zero-order chi connectivity index (χ0) is 11.5. The second kappa shape index (κ2) is 10.1. The van der Waals surface area contributed by atoms with E-state index < -0.39 is 0 Å². The highest BCUT2D eigenvalue weighted by Gasteiger charge is 2.01. The van der Waals surface area contributed by atoms with Crippen LogP contribution in [0.2, 0.25) is 0 Å². The van der Waals surface area contributed by atoms with Gasteiger partial charge in [0, 0.05) is 19.6 Å². The number of nitrogens with one attached hydrogen (secondary N) is 2. The van der Waals surface area contributed by atoms with Crippen LogP contribution in [-0.4, -0.2) is 37.6 Å². The Hall–Kier alpha value is -0.380. The summed E-state index contributed by atoms with van der Waals surface area (Å²) in [7, 11) is 1.82. The maximum atomic E-state index is 4.18. The van der Waals surface area contributed by atoms with Crippen molar-refractivity contribution in [3.8, 4) is 0 Å². The van der Waals surface area contributed by atoms with Crippen molar-refractivity contribution in [2.24, 2.45) is 4.99 Å². The molecular formula is C11H25N3S. The first-order valence-corrected chi connectivity index (χ1v) is 7.10. The standard InChI is InChI=1S/C11H25N3S/c1-5-10(2)14-11(12-3)13-8-6-7-9-15-4/h10H,5-9H2,1-4H3,(H2,12,13,14)/t10-/m1/s1. The predicted octanol–water partition coefficient (Wildman–Crippen LogP) is 2.09. The third-order valence-corrected chi connectivity index (χ3v) is 2.98. The van der Waals surface area contributed by atoms with E-state index in [2.05, 4.69) is 35.7 Å². The molecule has 0 aliphatic carbocycles. The van der Waals surface area contributed by atoms with Crippen LogP contribution in [0.4, 0.5) is 0 Å². The van der Waals surface area contributed by atoms with Crippen molar-refractivity contribution in [3.05, 3.63) is 0 Å². The molecular weight excluding hydrogens is 206 g/mol. The van der Waals surface area contributed by atoms with Gasteiger partial charge < -0.3 is 10.6 Å². The number of thioether (sulfide) groups is 1. The molecule has 0 rings (SSSR count). The van der Waals surface area contributed by atoms with Crippen LogP contribution < -0.4 is 10.6 Å². The van der Waals surface area contributed by atoms with Crippen LogP contribution in [0.1, 0.15) is 33.1 Å². The van der Waals surface area contributed by atoms with Crippen LogP contribution in [0.15, 0.2) is 4.99 Å². The summed E-state index contributed by atoms with van der Waals surface area (Å²) in [6.45, 7) is 5.35. The van der Waals surface area contributed by atoms with Gasteiger partial charge in [-0.1, -0.05) is 6.92 Å². The average Bonchev–Trinajstić information content (AvgIpc) is 2.26. The maximum absolute atomic E-state index is 4.18. The van der Waals surface area contributed by atoms with Crippen LogP contribution >= 0.6 is 11.8 Å². The van der Waals surface area contributed by atoms with Crippen molar-refractivity contribution >= 4 is 17.7 Å². The van der Waals surface area contributed by atoms with Crippen LogP contribution in [0.5, 0.6) is 0 Å². The van der Waals surface area contributed by atoms with Gasteiger partial charge in [-0.25, -0.2) is 0 Å². The van der Waals surface area contributed by atoms with Gasteiger partial charge in [-0.15, -0.1) is 0 Å². The number of hydrogen-bond donors (Lipinski definition) is 2. The molecule has 0 aromatic rings. The number of hydrogen-bond acceptors (Lipinski definition) is 2. The van der Waals surface area contributed by atoms with Crippen LogP contribution in [0.25, 0.3) is 0 Å². The highest BCUT2D eigenvalue weighted by atomic mass is 32.2. The molecule has 0 radical (unpaired) electrons. The van der Waals surface area contributed by atoms with E-state index in [9.17, 15) is 0 Å². The summed E-state index contributed by atoms with van der Waals surface area (Å²) in [5.41, 5.74) is 0. The zero-order valence-electron chi connectivity index (χ0n) is 10.5. The quantitative estimate of drug-likeness (QED) is 0.400. The lowest BCUT2D eigenvalue weighted by molar-refractivity contribution is 0.620. The molecule has 4 heteroatoms. The number of aliphatic imine (C=N–C) groups is 1. The number of rotatable bonds is 7. The molecule has 0 amide bonds. The Morgan fingerprint density at radius 1 is 1.40 bits per heavy atom. The summed E-state index contributed by atoms with van der Waals surface area (Å²) in [5.74, 6) is 2.17. The topological polar surface area (TPSA) is 36.4 Å². The minimum absolute atomic E-state index is 0.488. The molecule has 0 aromatic heterocycles. The Morgan fingerprint density at radius 2 is 2.13 bits per heavy atom. The lowest BCUT2D eigenvalue weighted by Crippen LogP contribution is -2.42. The molecule has 2 N–H and O–H groups in total. The Morgan fingerprint density at radius 3 is 2.67 bits per heavy atom. The molecule has 0 saturated carbocycles. The summed E-state index contributed by atoms with van der Waals surface area (Å²) in [5, 5.41) is 6.66. The van der Waals surface area contributed by atoms with E-state index in [1.807, 2.05) is 18.8 Å². The van der Waals surface area contributed by atoms with E-state index in [0.717, 1.165) is 18.9 Å². The van der Waals surface area contributed by atoms with Crippen molar-refractivity contribution in [2.45, 2.75) is 39.2 Å². The number of nitrogens with zero attached hydrogens (tertiary/aromatic N) is 1. The fourth-order valence-electron chi connectivity index (χ4n) is 1.11. The third kappa shape index (κ3) is 8.60. The summed E-state index contributed by atoms with van der Waals surface area (Å²) in [4.78, 5) is 4.18. The molecule has 0 aliphatic heterocycles. The molecule has 90 valence electrons. The van der Waals surface area contributed by atoms with Gasteiger partial charge in [0.15, 0.2) is 5.96 Å². The van der Waals surface area contributed by atoms with Gasteiger partial charge in [0.05, 0.1) is 0 Å². The first-order valence-electron chi connectivity index (χ1n) is 5.70. The maximum Gasteiger partial charge on any atom is 0.191 e. The van der Waals surface area contributed by atoms with Gasteiger partial charge in [-0.2, -0.15) is 11.8 Å². The fourth-order valence-corrected chi connectivity index (χ4v) is 1.60. The van der Waals surface area contributed by atoms with Crippen molar-refractivity contribution in [1.82, 2.24) is 10.6 Å². The molecule has 0 aromatic carbocycles. The van der Waals surface area contributed by atoms with Crippen LogP contribution in [0, 0.1) is 0 Å². The van der Waals surface area contributed by atoms with Crippen LogP contribution in [0.3, 0.4) is 0 Å². The molecule has 0 unspecified atom stereocenters. The third-order valence-electron chi connectivity index (χ3n) is 2.29. The summed E-state index contributed by atoms with van der Waals surface area (Å²) in [6, 6.07) is 0.488. The molecule has 1 atom stereocenters. The molecule has 15 heavy (non-hydrogen) atoms. The van der Waals surface area contributed by atoms with E-state index in [0.29, 0.717) is 6.04 Å². The Labute approximate surface area is 98.5 Å². The minimum atomic E-state index is 0.488. The van der Waals surface area contributed by atoms with Gasteiger partial charge in [0.1, 0.15) is 0 Å². The van der Waals surface area contributed by atoms with Crippen LogP contribution in [-0.2, 0) is 0 Å². The van der Waals surface area contributed by atoms with Gasteiger partial charge in [-0.3, -0.25) is 4.99 Å². The Kier molecular flexibility index (Phi) is 9.89. The summed E-state index contributed by atoms with van der Waals surface area (Å²) in [6.07, 6.45) is 5.75. The second-order valence-corrected chi connectivity index (χ2v) is 4.64. The summed E-state index contributed by atoms with van der Waals surface area (Å²) >= 11 is 1.91. The molecule has 0 saturated heterocycles. The molecule has 0 aliphatic rings. The first kappa shape index (κ1) is 14.6. The first-order chi connectivity index (χ1) is 7.24. The highest BCUT2D eigenvalue weighted by Crippen LogP contribution is 1.97.